The van der Waals surface area contributed by atoms with Crippen molar-refractivity contribution in [3.8, 4) is 11.8 Å². The topological polar surface area (TPSA) is 62.1 Å². The van der Waals surface area contributed by atoms with Crippen LogP contribution in [-0.2, 0) is 0 Å². The third kappa shape index (κ3) is 2.75. The first-order valence-electron chi connectivity index (χ1n) is 5.79. The van der Waals surface area contributed by atoms with Gasteiger partial charge in [-0.1, -0.05) is 12.1 Å². The van der Waals surface area contributed by atoms with Gasteiger partial charge in [0.2, 0.25) is 0 Å². The Bertz CT molecular complexity index is 693. The van der Waals surface area contributed by atoms with Gasteiger partial charge < -0.3 is 10.1 Å². The molecule has 2 rings (SSSR count). The standard InChI is InChI=1S/C15H11FN2O2/c1-20-14-8-10(6-7-12(14)16)15(19)18-13-5-3-2-4-11(13)9-17/h2-8H,1H3,(H,18,19). The number of amides is 1. The lowest BCUT2D eigenvalue weighted by Crippen LogP contribution is -2.13. The van der Waals surface area contributed by atoms with Gasteiger partial charge in [0.25, 0.3) is 5.91 Å². The highest BCUT2D eigenvalue weighted by Gasteiger charge is 2.11. The maximum Gasteiger partial charge on any atom is 0.255 e. The zero-order valence-electron chi connectivity index (χ0n) is 10.7. The van der Waals surface area contributed by atoms with Gasteiger partial charge in [0.15, 0.2) is 11.6 Å². The summed E-state index contributed by atoms with van der Waals surface area (Å²) in [5.74, 6) is -0.987. The maximum absolute atomic E-state index is 13.3. The molecule has 1 amide bonds. The van der Waals surface area contributed by atoms with Crippen LogP contribution >= 0.6 is 0 Å². The summed E-state index contributed by atoms with van der Waals surface area (Å²) < 4.78 is 18.1. The van der Waals surface area contributed by atoms with Crippen molar-refractivity contribution in [3.63, 3.8) is 0 Å². The number of carbonyl (C=O) groups is 1. The highest BCUT2D eigenvalue weighted by atomic mass is 19.1. The van der Waals surface area contributed by atoms with Crippen molar-refractivity contribution in [2.24, 2.45) is 0 Å². The van der Waals surface area contributed by atoms with Crippen molar-refractivity contribution < 1.29 is 13.9 Å². The number of nitrogens with one attached hydrogen (secondary N) is 1. The smallest absolute Gasteiger partial charge is 0.255 e. The molecule has 0 saturated heterocycles. The molecule has 0 aliphatic carbocycles. The summed E-state index contributed by atoms with van der Waals surface area (Å²) >= 11 is 0. The third-order valence-electron chi connectivity index (χ3n) is 2.71. The highest BCUT2D eigenvalue weighted by Crippen LogP contribution is 2.20. The molecule has 0 aliphatic rings. The summed E-state index contributed by atoms with van der Waals surface area (Å²) in [7, 11) is 1.32. The molecule has 0 atom stereocenters. The van der Waals surface area contributed by atoms with Gasteiger partial charge in [0.1, 0.15) is 6.07 Å². The number of anilines is 1. The van der Waals surface area contributed by atoms with Crippen molar-refractivity contribution in [1.82, 2.24) is 0 Å². The number of para-hydroxylation sites is 1. The van der Waals surface area contributed by atoms with Crippen LogP contribution in [0.2, 0.25) is 0 Å². The molecule has 0 bridgehead atoms. The Kier molecular flexibility index (Phi) is 3.96. The minimum absolute atomic E-state index is 0.00813. The second-order valence-corrected chi connectivity index (χ2v) is 3.96. The van der Waals surface area contributed by atoms with E-state index in [4.69, 9.17) is 10.00 Å². The Hall–Kier alpha value is -2.87. The largest absolute Gasteiger partial charge is 0.494 e. The van der Waals surface area contributed by atoms with Gasteiger partial charge in [-0.05, 0) is 30.3 Å². The quantitative estimate of drug-likeness (QED) is 0.932. The van der Waals surface area contributed by atoms with Gasteiger partial charge >= 0.3 is 0 Å². The molecule has 0 radical (unpaired) electrons. The lowest BCUT2D eigenvalue weighted by atomic mass is 10.1. The maximum atomic E-state index is 13.3. The van der Waals surface area contributed by atoms with Crippen LogP contribution < -0.4 is 10.1 Å². The molecule has 0 aromatic heterocycles. The average Bonchev–Trinajstić information content (AvgIpc) is 2.48. The van der Waals surface area contributed by atoms with Crippen LogP contribution in [0.25, 0.3) is 0 Å². The fraction of sp³-hybridized carbons (Fsp3) is 0.0667. The number of hydrogen-bond donors (Lipinski definition) is 1. The minimum atomic E-state index is -0.540. The summed E-state index contributed by atoms with van der Waals surface area (Å²) in [4.78, 5) is 12.1. The van der Waals surface area contributed by atoms with Crippen LogP contribution in [0.3, 0.4) is 0 Å². The first-order chi connectivity index (χ1) is 9.65. The van der Waals surface area contributed by atoms with E-state index >= 15 is 0 Å². The van der Waals surface area contributed by atoms with Gasteiger partial charge in [-0.3, -0.25) is 4.79 Å². The molecule has 2 aromatic carbocycles. The molecule has 0 fully saturated rings. The minimum Gasteiger partial charge on any atom is -0.494 e. The van der Waals surface area contributed by atoms with E-state index in [9.17, 15) is 9.18 Å². The zero-order chi connectivity index (χ0) is 14.5. The van der Waals surface area contributed by atoms with Gasteiger partial charge in [-0.2, -0.15) is 5.26 Å². The van der Waals surface area contributed by atoms with Crippen LogP contribution in [0.4, 0.5) is 10.1 Å². The Balaban J connectivity index is 2.27. The van der Waals surface area contributed by atoms with Crippen molar-refractivity contribution in [2.75, 3.05) is 12.4 Å². The van der Waals surface area contributed by atoms with Crippen LogP contribution in [0.5, 0.6) is 5.75 Å². The summed E-state index contributed by atoms with van der Waals surface area (Å²) in [5, 5.41) is 11.6. The Morgan fingerprint density at radius 3 is 2.75 bits per heavy atom. The summed E-state index contributed by atoms with van der Waals surface area (Å²) in [5.41, 5.74) is 1.01. The molecule has 0 unspecified atom stereocenters. The van der Waals surface area contributed by atoms with Crippen molar-refractivity contribution in [2.45, 2.75) is 0 Å². The number of nitrogens with zero attached hydrogens (tertiary/aromatic N) is 1. The fourth-order valence-electron chi connectivity index (χ4n) is 1.69. The van der Waals surface area contributed by atoms with Crippen LogP contribution in [-0.4, -0.2) is 13.0 Å². The number of carbonyl (C=O) groups excluding carboxylic acids is 1. The van der Waals surface area contributed by atoms with Crippen LogP contribution in [0, 0.1) is 17.1 Å². The SMILES string of the molecule is COc1cc(C(=O)Nc2ccccc2C#N)ccc1F. The number of ether oxygens (including phenoxy) is 1. The van der Waals surface area contributed by atoms with E-state index in [1.54, 1.807) is 24.3 Å². The molecular formula is C15H11FN2O2. The molecule has 5 heteroatoms. The van der Waals surface area contributed by atoms with Gasteiger partial charge in [0.05, 0.1) is 18.4 Å². The molecule has 0 heterocycles. The van der Waals surface area contributed by atoms with E-state index in [2.05, 4.69) is 5.32 Å². The first-order valence-corrected chi connectivity index (χ1v) is 5.79. The molecule has 20 heavy (non-hydrogen) atoms. The molecule has 0 saturated carbocycles. The second-order valence-electron chi connectivity index (χ2n) is 3.96. The third-order valence-corrected chi connectivity index (χ3v) is 2.71. The monoisotopic (exact) mass is 270 g/mol. The molecule has 0 spiro atoms. The Morgan fingerprint density at radius 2 is 2.05 bits per heavy atom. The van der Waals surface area contributed by atoms with Crippen molar-refractivity contribution in [1.29, 1.82) is 5.26 Å². The van der Waals surface area contributed by atoms with E-state index in [-0.39, 0.29) is 11.3 Å². The molecule has 0 aliphatic heterocycles. The van der Waals surface area contributed by atoms with E-state index in [0.29, 0.717) is 11.3 Å². The summed E-state index contributed by atoms with van der Waals surface area (Å²) in [6, 6.07) is 12.4. The van der Waals surface area contributed by atoms with Crippen LogP contribution in [0.1, 0.15) is 15.9 Å². The number of methoxy groups -OCH3 is 1. The molecule has 1 N–H and O–H groups in total. The molecule has 2 aromatic rings. The average molecular weight is 270 g/mol. The Labute approximate surface area is 115 Å². The predicted octanol–water partition coefficient (Wildman–Crippen LogP) is 2.96. The van der Waals surface area contributed by atoms with E-state index in [1.165, 1.54) is 19.2 Å². The highest BCUT2D eigenvalue weighted by molar-refractivity contribution is 6.05. The van der Waals surface area contributed by atoms with E-state index in [0.717, 1.165) is 6.07 Å². The number of rotatable bonds is 3. The number of hydrogen-bond acceptors (Lipinski definition) is 3. The number of halogens is 1. The number of nitriles is 1. The molecule has 4 nitrogen and oxygen atoms in total. The lowest BCUT2D eigenvalue weighted by molar-refractivity contribution is 0.102. The van der Waals surface area contributed by atoms with Crippen molar-refractivity contribution >= 4 is 11.6 Å². The normalized spacial score (nSPS) is 9.65. The Morgan fingerprint density at radius 1 is 1.30 bits per heavy atom. The van der Waals surface area contributed by atoms with Crippen molar-refractivity contribution in [3.05, 3.63) is 59.4 Å². The zero-order valence-corrected chi connectivity index (χ0v) is 10.7. The number of benzene rings is 2. The molecule has 100 valence electrons. The first kappa shape index (κ1) is 13.6. The molecular weight excluding hydrogens is 259 g/mol. The van der Waals surface area contributed by atoms with E-state index in [1.807, 2.05) is 6.07 Å². The van der Waals surface area contributed by atoms with Gasteiger partial charge in [-0.15, -0.1) is 0 Å². The lowest BCUT2D eigenvalue weighted by Gasteiger charge is -2.08. The van der Waals surface area contributed by atoms with Gasteiger partial charge in [-0.25, -0.2) is 4.39 Å². The summed E-state index contributed by atoms with van der Waals surface area (Å²) in [6.07, 6.45) is 0. The van der Waals surface area contributed by atoms with E-state index < -0.39 is 11.7 Å². The van der Waals surface area contributed by atoms with Crippen LogP contribution in [0.15, 0.2) is 42.5 Å². The second kappa shape index (κ2) is 5.85. The predicted molar refractivity (Wildman–Crippen MR) is 72.1 cm³/mol. The van der Waals surface area contributed by atoms with Gasteiger partial charge in [0, 0.05) is 5.56 Å². The fourth-order valence-corrected chi connectivity index (χ4v) is 1.69. The summed E-state index contributed by atoms with van der Waals surface area (Å²) in [6.45, 7) is 0.